The molecule has 1 saturated heterocycles. The summed E-state index contributed by atoms with van der Waals surface area (Å²) in [6.45, 7) is 6.99. The highest BCUT2D eigenvalue weighted by molar-refractivity contribution is 5.76. The summed E-state index contributed by atoms with van der Waals surface area (Å²) in [6, 6.07) is 7.15. The Morgan fingerprint density at radius 3 is 2.65 bits per heavy atom. The minimum absolute atomic E-state index is 0.226. The number of benzene rings is 1. The van der Waals surface area contributed by atoms with E-state index < -0.39 is 0 Å². The summed E-state index contributed by atoms with van der Waals surface area (Å²) in [5, 5.41) is 9.41. The second-order valence-electron chi connectivity index (χ2n) is 5.39. The summed E-state index contributed by atoms with van der Waals surface area (Å²) in [5.41, 5.74) is 1.02. The molecule has 0 radical (unpaired) electrons. The number of hydrogen-bond donors (Lipinski definition) is 1. The van der Waals surface area contributed by atoms with Crippen LogP contribution in [0.1, 0.15) is 25.3 Å². The summed E-state index contributed by atoms with van der Waals surface area (Å²) < 4.78 is 0. The molecular formula is C16H24N2O2. The van der Waals surface area contributed by atoms with Crippen molar-refractivity contribution >= 4 is 5.91 Å². The van der Waals surface area contributed by atoms with Gasteiger partial charge in [-0.05, 0) is 37.1 Å². The lowest BCUT2D eigenvalue weighted by molar-refractivity contribution is -0.132. The molecule has 110 valence electrons. The molecule has 1 heterocycles. The zero-order chi connectivity index (χ0) is 14.4. The van der Waals surface area contributed by atoms with Gasteiger partial charge in [0.05, 0.1) is 0 Å². The summed E-state index contributed by atoms with van der Waals surface area (Å²) in [6.07, 6.45) is 2.39. The van der Waals surface area contributed by atoms with Crippen molar-refractivity contribution in [2.24, 2.45) is 0 Å². The molecule has 1 amide bonds. The standard InChI is InChI=1S/C16H24N2O2/c1-2-8-17-9-11-18(12-10-17)16(20)7-6-14-4-3-5-15(19)13-14/h3-5,13,19H,2,6-12H2,1H3. The van der Waals surface area contributed by atoms with E-state index in [1.807, 2.05) is 17.0 Å². The summed E-state index contributed by atoms with van der Waals surface area (Å²) in [4.78, 5) is 16.5. The van der Waals surface area contributed by atoms with Crippen LogP contribution >= 0.6 is 0 Å². The second-order valence-corrected chi connectivity index (χ2v) is 5.39. The van der Waals surface area contributed by atoms with Gasteiger partial charge in [-0.1, -0.05) is 19.1 Å². The van der Waals surface area contributed by atoms with Crippen LogP contribution in [0.3, 0.4) is 0 Å². The van der Waals surface area contributed by atoms with Crippen molar-refractivity contribution in [1.29, 1.82) is 0 Å². The van der Waals surface area contributed by atoms with E-state index in [-0.39, 0.29) is 11.7 Å². The molecule has 0 spiro atoms. The molecule has 1 fully saturated rings. The topological polar surface area (TPSA) is 43.8 Å². The quantitative estimate of drug-likeness (QED) is 0.893. The minimum Gasteiger partial charge on any atom is -0.508 e. The number of carbonyl (C=O) groups excluding carboxylic acids is 1. The molecule has 0 saturated carbocycles. The number of carbonyl (C=O) groups is 1. The zero-order valence-corrected chi connectivity index (χ0v) is 12.2. The van der Waals surface area contributed by atoms with Gasteiger partial charge in [-0.15, -0.1) is 0 Å². The third-order valence-corrected chi connectivity index (χ3v) is 3.80. The number of hydrogen-bond acceptors (Lipinski definition) is 3. The van der Waals surface area contributed by atoms with Crippen LogP contribution in [-0.2, 0) is 11.2 Å². The van der Waals surface area contributed by atoms with Gasteiger partial charge in [-0.3, -0.25) is 9.69 Å². The Labute approximate surface area is 121 Å². The van der Waals surface area contributed by atoms with E-state index >= 15 is 0 Å². The van der Waals surface area contributed by atoms with Crippen molar-refractivity contribution in [3.8, 4) is 5.75 Å². The first-order valence-electron chi connectivity index (χ1n) is 7.47. The van der Waals surface area contributed by atoms with E-state index in [0.717, 1.165) is 38.3 Å². The van der Waals surface area contributed by atoms with Crippen LogP contribution in [0, 0.1) is 0 Å². The Hall–Kier alpha value is -1.55. The first kappa shape index (κ1) is 14.9. The predicted molar refractivity (Wildman–Crippen MR) is 79.7 cm³/mol. The molecule has 1 aromatic rings. The highest BCUT2D eigenvalue weighted by Crippen LogP contribution is 2.13. The number of nitrogens with zero attached hydrogens (tertiary/aromatic N) is 2. The van der Waals surface area contributed by atoms with Crippen LogP contribution in [0.15, 0.2) is 24.3 Å². The van der Waals surface area contributed by atoms with Gasteiger partial charge in [0, 0.05) is 32.6 Å². The van der Waals surface area contributed by atoms with Crippen molar-refractivity contribution in [3.05, 3.63) is 29.8 Å². The van der Waals surface area contributed by atoms with Gasteiger partial charge < -0.3 is 10.0 Å². The fourth-order valence-corrected chi connectivity index (χ4v) is 2.66. The Kier molecular flexibility index (Phi) is 5.41. The van der Waals surface area contributed by atoms with E-state index in [2.05, 4.69) is 11.8 Å². The van der Waals surface area contributed by atoms with Crippen LogP contribution in [0.4, 0.5) is 0 Å². The number of phenols is 1. The molecule has 2 rings (SSSR count). The fraction of sp³-hybridized carbons (Fsp3) is 0.562. The number of amides is 1. The Morgan fingerprint density at radius 2 is 2.00 bits per heavy atom. The van der Waals surface area contributed by atoms with Gasteiger partial charge in [-0.2, -0.15) is 0 Å². The van der Waals surface area contributed by atoms with Gasteiger partial charge in [0.1, 0.15) is 5.75 Å². The van der Waals surface area contributed by atoms with Crippen molar-refractivity contribution < 1.29 is 9.90 Å². The summed E-state index contributed by atoms with van der Waals surface area (Å²) in [7, 11) is 0. The molecule has 1 aliphatic rings. The lowest BCUT2D eigenvalue weighted by Gasteiger charge is -2.34. The normalized spacial score (nSPS) is 16.4. The van der Waals surface area contributed by atoms with E-state index in [1.54, 1.807) is 12.1 Å². The smallest absolute Gasteiger partial charge is 0.222 e. The molecular weight excluding hydrogens is 252 g/mol. The summed E-state index contributed by atoms with van der Waals surface area (Å²) in [5.74, 6) is 0.493. The van der Waals surface area contributed by atoms with Crippen LogP contribution in [0.5, 0.6) is 5.75 Å². The minimum atomic E-state index is 0.226. The van der Waals surface area contributed by atoms with Gasteiger partial charge in [0.25, 0.3) is 0 Å². The first-order valence-corrected chi connectivity index (χ1v) is 7.47. The van der Waals surface area contributed by atoms with E-state index in [1.165, 1.54) is 6.42 Å². The molecule has 4 heteroatoms. The molecule has 1 aliphatic heterocycles. The molecule has 0 atom stereocenters. The maximum Gasteiger partial charge on any atom is 0.222 e. The monoisotopic (exact) mass is 276 g/mol. The highest BCUT2D eigenvalue weighted by Gasteiger charge is 2.20. The molecule has 1 N–H and O–H groups in total. The average molecular weight is 276 g/mol. The Bertz CT molecular complexity index is 440. The van der Waals surface area contributed by atoms with E-state index in [4.69, 9.17) is 0 Å². The Balaban J connectivity index is 1.76. The van der Waals surface area contributed by atoms with Crippen LogP contribution in [0.25, 0.3) is 0 Å². The maximum atomic E-state index is 12.2. The van der Waals surface area contributed by atoms with Crippen molar-refractivity contribution in [1.82, 2.24) is 9.80 Å². The van der Waals surface area contributed by atoms with Crippen LogP contribution < -0.4 is 0 Å². The first-order chi connectivity index (χ1) is 9.69. The number of rotatable bonds is 5. The third kappa shape index (κ3) is 4.23. The molecule has 20 heavy (non-hydrogen) atoms. The van der Waals surface area contributed by atoms with Crippen LogP contribution in [-0.4, -0.2) is 53.5 Å². The third-order valence-electron chi connectivity index (χ3n) is 3.80. The number of aryl methyl sites for hydroxylation is 1. The van der Waals surface area contributed by atoms with E-state index in [9.17, 15) is 9.90 Å². The molecule has 0 bridgehead atoms. The van der Waals surface area contributed by atoms with Crippen molar-refractivity contribution in [2.75, 3.05) is 32.7 Å². The largest absolute Gasteiger partial charge is 0.508 e. The molecule has 0 aromatic heterocycles. The summed E-state index contributed by atoms with van der Waals surface area (Å²) >= 11 is 0. The fourth-order valence-electron chi connectivity index (χ4n) is 2.66. The van der Waals surface area contributed by atoms with E-state index in [0.29, 0.717) is 12.8 Å². The van der Waals surface area contributed by atoms with Crippen LogP contribution in [0.2, 0.25) is 0 Å². The molecule has 0 aliphatic carbocycles. The number of phenolic OH excluding ortho intramolecular Hbond substituents is 1. The van der Waals surface area contributed by atoms with Gasteiger partial charge >= 0.3 is 0 Å². The molecule has 1 aromatic carbocycles. The SMILES string of the molecule is CCCN1CCN(C(=O)CCc2cccc(O)c2)CC1. The molecule has 0 unspecified atom stereocenters. The van der Waals surface area contributed by atoms with Crippen molar-refractivity contribution in [3.63, 3.8) is 0 Å². The maximum absolute atomic E-state index is 12.2. The van der Waals surface area contributed by atoms with Gasteiger partial charge in [0.2, 0.25) is 5.91 Å². The van der Waals surface area contributed by atoms with Crippen molar-refractivity contribution in [2.45, 2.75) is 26.2 Å². The number of aromatic hydroxyl groups is 1. The highest BCUT2D eigenvalue weighted by atomic mass is 16.3. The average Bonchev–Trinajstić information content (AvgIpc) is 2.46. The lowest BCUT2D eigenvalue weighted by atomic mass is 10.1. The number of piperazine rings is 1. The molecule has 4 nitrogen and oxygen atoms in total. The lowest BCUT2D eigenvalue weighted by Crippen LogP contribution is -2.48. The predicted octanol–water partition coefficient (Wildman–Crippen LogP) is 1.88. The second kappa shape index (κ2) is 7.29. The Morgan fingerprint density at radius 1 is 1.25 bits per heavy atom. The van der Waals surface area contributed by atoms with Gasteiger partial charge in [-0.25, -0.2) is 0 Å². The zero-order valence-electron chi connectivity index (χ0n) is 12.2. The van der Waals surface area contributed by atoms with Gasteiger partial charge in [0.15, 0.2) is 0 Å².